The third kappa shape index (κ3) is 4.04. The van der Waals surface area contributed by atoms with Gasteiger partial charge in [0.1, 0.15) is 12.4 Å². The summed E-state index contributed by atoms with van der Waals surface area (Å²) in [6.07, 6.45) is 1.60. The van der Waals surface area contributed by atoms with E-state index >= 15 is 0 Å². The van der Waals surface area contributed by atoms with Gasteiger partial charge >= 0.3 is 0 Å². The van der Waals surface area contributed by atoms with E-state index in [0.29, 0.717) is 23.7 Å². The van der Waals surface area contributed by atoms with Crippen LogP contribution in [0.1, 0.15) is 5.56 Å². The summed E-state index contributed by atoms with van der Waals surface area (Å²) in [6.45, 7) is 0.407. The molecular weight excluding hydrogens is 404 g/mol. The second kappa shape index (κ2) is 8.69. The topological polar surface area (TPSA) is 83.0 Å². The maximum Gasteiger partial charge on any atom is 0.282 e. The van der Waals surface area contributed by atoms with Gasteiger partial charge in [-0.3, -0.25) is 4.79 Å². The fourth-order valence-electron chi connectivity index (χ4n) is 3.22. The van der Waals surface area contributed by atoms with Crippen LogP contribution < -0.4 is 10.2 Å². The van der Waals surface area contributed by atoms with Crippen molar-refractivity contribution >= 4 is 0 Å². The Morgan fingerprint density at radius 1 is 0.844 bits per heavy atom. The number of rotatable bonds is 6. The van der Waals surface area contributed by atoms with Crippen LogP contribution in [0.15, 0.2) is 107 Å². The van der Waals surface area contributed by atoms with Gasteiger partial charge in [0.05, 0.1) is 11.3 Å². The molecule has 0 amide bonds. The zero-order valence-corrected chi connectivity index (χ0v) is 17.0. The standard InChI is InChI=1S/C25H18N4O3/c30-21-15-16-29(19-11-5-2-6-12-19)27-23(21)25-26-24(28-32-25)20-13-7-8-14-22(20)31-17-18-9-3-1-4-10-18/h1-16H,17H2. The highest BCUT2D eigenvalue weighted by Crippen LogP contribution is 2.29. The van der Waals surface area contributed by atoms with Crippen LogP contribution in [0.4, 0.5) is 0 Å². The average Bonchev–Trinajstić information content (AvgIpc) is 3.34. The predicted octanol–water partition coefficient (Wildman–Crippen LogP) is 4.53. The molecule has 7 nitrogen and oxygen atoms in total. The Morgan fingerprint density at radius 2 is 1.56 bits per heavy atom. The van der Waals surface area contributed by atoms with Crippen LogP contribution in [0.2, 0.25) is 0 Å². The Kier molecular flexibility index (Phi) is 5.28. The predicted molar refractivity (Wildman–Crippen MR) is 119 cm³/mol. The number of hydrogen-bond acceptors (Lipinski definition) is 6. The van der Waals surface area contributed by atoms with Crippen molar-refractivity contribution in [1.82, 2.24) is 19.9 Å². The van der Waals surface area contributed by atoms with Gasteiger partial charge in [0.2, 0.25) is 11.3 Å². The number of nitrogens with zero attached hydrogens (tertiary/aromatic N) is 4. The maximum atomic E-state index is 12.4. The molecule has 5 rings (SSSR count). The summed E-state index contributed by atoms with van der Waals surface area (Å²) < 4.78 is 13.0. The zero-order valence-electron chi connectivity index (χ0n) is 17.0. The molecule has 156 valence electrons. The summed E-state index contributed by atoms with van der Waals surface area (Å²) in [6, 6.07) is 28.2. The molecule has 0 aliphatic carbocycles. The molecule has 5 aromatic rings. The molecule has 3 aromatic carbocycles. The van der Waals surface area contributed by atoms with Crippen molar-refractivity contribution < 1.29 is 9.26 Å². The minimum absolute atomic E-state index is 0.0492. The third-order valence-electron chi connectivity index (χ3n) is 4.82. The molecule has 0 saturated heterocycles. The van der Waals surface area contributed by atoms with Gasteiger partial charge in [-0.25, -0.2) is 4.68 Å². The molecule has 0 radical (unpaired) electrons. The summed E-state index contributed by atoms with van der Waals surface area (Å²) in [5.41, 5.74) is 2.30. The van der Waals surface area contributed by atoms with E-state index in [4.69, 9.17) is 9.26 Å². The van der Waals surface area contributed by atoms with Gasteiger partial charge in [-0.1, -0.05) is 65.8 Å². The fraction of sp³-hybridized carbons (Fsp3) is 0.0400. The quantitative estimate of drug-likeness (QED) is 0.400. The van der Waals surface area contributed by atoms with E-state index in [-0.39, 0.29) is 17.0 Å². The van der Waals surface area contributed by atoms with Crippen LogP contribution in [0.3, 0.4) is 0 Å². The molecule has 2 aromatic heterocycles. The van der Waals surface area contributed by atoms with Crippen molar-refractivity contribution in [2.45, 2.75) is 6.61 Å². The largest absolute Gasteiger partial charge is 0.488 e. The molecule has 0 fully saturated rings. The first-order valence-electron chi connectivity index (χ1n) is 10.0. The van der Waals surface area contributed by atoms with E-state index in [1.165, 1.54) is 6.07 Å². The summed E-state index contributed by atoms with van der Waals surface area (Å²) in [5.74, 6) is 0.986. The minimum Gasteiger partial charge on any atom is -0.488 e. The van der Waals surface area contributed by atoms with Crippen molar-refractivity contribution in [3.8, 4) is 34.4 Å². The third-order valence-corrected chi connectivity index (χ3v) is 4.82. The smallest absolute Gasteiger partial charge is 0.282 e. The second-order valence-electron chi connectivity index (χ2n) is 7.00. The van der Waals surface area contributed by atoms with Crippen LogP contribution in [0, 0.1) is 0 Å². The molecule has 0 N–H and O–H groups in total. The zero-order chi connectivity index (χ0) is 21.8. The molecule has 0 atom stereocenters. The molecule has 2 heterocycles. The molecule has 0 bridgehead atoms. The molecule has 32 heavy (non-hydrogen) atoms. The Bertz CT molecular complexity index is 1400. The van der Waals surface area contributed by atoms with Gasteiger partial charge in [0.15, 0.2) is 5.69 Å². The molecular formula is C25H18N4O3. The van der Waals surface area contributed by atoms with Gasteiger partial charge in [0, 0.05) is 12.3 Å². The first kappa shape index (κ1) is 19.4. The van der Waals surface area contributed by atoms with E-state index in [9.17, 15) is 4.79 Å². The molecule has 0 aliphatic rings. The summed E-state index contributed by atoms with van der Waals surface area (Å²) >= 11 is 0. The Hall–Kier alpha value is -4.52. The lowest BCUT2D eigenvalue weighted by Crippen LogP contribution is -2.12. The Balaban J connectivity index is 1.46. The first-order chi connectivity index (χ1) is 15.8. The molecule has 0 unspecified atom stereocenters. The van der Waals surface area contributed by atoms with Crippen LogP contribution in [-0.4, -0.2) is 19.9 Å². The number of para-hydroxylation sites is 2. The summed E-state index contributed by atoms with van der Waals surface area (Å²) in [4.78, 5) is 16.9. The molecule has 0 aliphatic heterocycles. The maximum absolute atomic E-state index is 12.4. The lowest BCUT2D eigenvalue weighted by molar-refractivity contribution is 0.307. The van der Waals surface area contributed by atoms with E-state index in [1.807, 2.05) is 84.9 Å². The Labute approximate surface area is 183 Å². The number of ether oxygens (including phenoxy) is 1. The van der Waals surface area contributed by atoms with Crippen molar-refractivity contribution in [3.63, 3.8) is 0 Å². The monoisotopic (exact) mass is 422 g/mol. The molecule has 0 saturated carbocycles. The second-order valence-corrected chi connectivity index (χ2v) is 7.00. The lowest BCUT2D eigenvalue weighted by atomic mass is 10.2. The normalized spacial score (nSPS) is 10.8. The highest BCUT2D eigenvalue weighted by atomic mass is 16.5. The van der Waals surface area contributed by atoms with Crippen molar-refractivity contribution in [1.29, 1.82) is 0 Å². The Morgan fingerprint density at radius 3 is 2.38 bits per heavy atom. The van der Waals surface area contributed by atoms with Crippen LogP contribution >= 0.6 is 0 Å². The fourth-order valence-corrected chi connectivity index (χ4v) is 3.22. The van der Waals surface area contributed by atoms with Crippen LogP contribution in [0.5, 0.6) is 5.75 Å². The SMILES string of the molecule is O=c1ccn(-c2ccccc2)nc1-c1nc(-c2ccccc2OCc2ccccc2)no1. The highest BCUT2D eigenvalue weighted by molar-refractivity contribution is 5.65. The number of hydrogen-bond donors (Lipinski definition) is 0. The van der Waals surface area contributed by atoms with Gasteiger partial charge in [-0.15, -0.1) is 0 Å². The van der Waals surface area contributed by atoms with Crippen LogP contribution in [0.25, 0.3) is 28.7 Å². The summed E-state index contributed by atoms with van der Waals surface area (Å²) in [7, 11) is 0. The lowest BCUT2D eigenvalue weighted by Gasteiger charge is -2.09. The highest BCUT2D eigenvalue weighted by Gasteiger charge is 2.18. The van der Waals surface area contributed by atoms with Crippen molar-refractivity contribution in [3.05, 3.63) is 113 Å². The van der Waals surface area contributed by atoms with E-state index in [1.54, 1.807) is 10.9 Å². The van der Waals surface area contributed by atoms with Crippen molar-refractivity contribution in [2.24, 2.45) is 0 Å². The van der Waals surface area contributed by atoms with Gasteiger partial charge in [-0.2, -0.15) is 10.1 Å². The summed E-state index contributed by atoms with van der Waals surface area (Å²) in [5, 5.41) is 8.46. The van der Waals surface area contributed by atoms with Crippen LogP contribution in [-0.2, 0) is 6.61 Å². The van der Waals surface area contributed by atoms with Gasteiger partial charge in [-0.05, 0) is 29.8 Å². The minimum atomic E-state index is -0.305. The first-order valence-corrected chi connectivity index (χ1v) is 10.0. The van der Waals surface area contributed by atoms with E-state index in [0.717, 1.165) is 11.3 Å². The van der Waals surface area contributed by atoms with Gasteiger partial charge < -0.3 is 9.26 Å². The van der Waals surface area contributed by atoms with Crippen molar-refractivity contribution in [2.75, 3.05) is 0 Å². The average molecular weight is 422 g/mol. The van der Waals surface area contributed by atoms with E-state index in [2.05, 4.69) is 15.2 Å². The van der Waals surface area contributed by atoms with E-state index < -0.39 is 0 Å². The molecule has 7 heteroatoms. The number of benzene rings is 3. The van der Waals surface area contributed by atoms with Gasteiger partial charge in [0.25, 0.3) is 5.89 Å². The number of aromatic nitrogens is 4. The molecule has 0 spiro atoms.